The Morgan fingerprint density at radius 3 is 2.38 bits per heavy atom. The average molecular weight is 311 g/mol. The third-order valence-electron chi connectivity index (χ3n) is 4.13. The molecule has 21 heavy (non-hydrogen) atoms. The third-order valence-corrected chi connectivity index (χ3v) is 4.38. The first-order chi connectivity index (χ1) is 10.1. The molecule has 0 aromatic heterocycles. The second kappa shape index (κ2) is 7.78. The zero-order chi connectivity index (χ0) is 15.2. The van der Waals surface area contributed by atoms with Crippen molar-refractivity contribution in [2.75, 3.05) is 32.7 Å². The predicted octanol–water partition coefficient (Wildman–Crippen LogP) is 2.88. The summed E-state index contributed by atoms with van der Waals surface area (Å²) in [6.07, 6.45) is 1.30. The molecule has 2 rings (SSSR count). The van der Waals surface area contributed by atoms with E-state index in [1.807, 2.05) is 12.1 Å². The lowest BCUT2D eigenvalue weighted by Gasteiger charge is -2.39. The Kier molecular flexibility index (Phi) is 6.03. The van der Waals surface area contributed by atoms with Gasteiger partial charge in [-0.05, 0) is 24.1 Å². The fourth-order valence-corrected chi connectivity index (χ4v) is 3.07. The molecule has 0 spiro atoms. The van der Waals surface area contributed by atoms with Crippen LogP contribution < -0.4 is 0 Å². The Bertz CT molecular complexity index is 456. The first kappa shape index (κ1) is 16.3. The van der Waals surface area contributed by atoms with Gasteiger partial charge in [0.05, 0.1) is 6.42 Å². The van der Waals surface area contributed by atoms with Crippen LogP contribution in [0.15, 0.2) is 24.3 Å². The molecule has 116 valence electrons. The quantitative estimate of drug-likeness (QED) is 0.877. The van der Waals surface area contributed by atoms with Crippen molar-refractivity contribution in [3.63, 3.8) is 0 Å². The first-order valence-electron chi connectivity index (χ1n) is 7.54. The first-order valence-corrected chi connectivity index (χ1v) is 7.91. The van der Waals surface area contributed by atoms with E-state index < -0.39 is 5.97 Å². The van der Waals surface area contributed by atoms with Gasteiger partial charge in [0, 0.05) is 43.8 Å². The topological polar surface area (TPSA) is 43.8 Å². The summed E-state index contributed by atoms with van der Waals surface area (Å²) in [5.41, 5.74) is 1.31. The van der Waals surface area contributed by atoms with Crippen molar-refractivity contribution in [3.8, 4) is 0 Å². The molecular weight excluding hydrogens is 288 g/mol. The van der Waals surface area contributed by atoms with Crippen LogP contribution in [-0.4, -0.2) is 53.6 Å². The van der Waals surface area contributed by atoms with Gasteiger partial charge in [-0.25, -0.2) is 0 Å². The van der Waals surface area contributed by atoms with Gasteiger partial charge in [-0.2, -0.15) is 0 Å². The second-order valence-corrected chi connectivity index (χ2v) is 5.93. The molecule has 1 aromatic carbocycles. The largest absolute Gasteiger partial charge is 0.481 e. The maximum Gasteiger partial charge on any atom is 0.304 e. The number of piperazine rings is 1. The maximum absolute atomic E-state index is 10.6. The predicted molar refractivity (Wildman–Crippen MR) is 84.7 cm³/mol. The molecule has 1 atom stereocenters. The van der Waals surface area contributed by atoms with Crippen LogP contribution in [0.4, 0.5) is 0 Å². The molecule has 0 aliphatic carbocycles. The van der Waals surface area contributed by atoms with Gasteiger partial charge in [-0.15, -0.1) is 0 Å². The molecule has 1 aromatic rings. The van der Waals surface area contributed by atoms with Gasteiger partial charge >= 0.3 is 5.97 Å². The number of hydrogen-bond acceptors (Lipinski definition) is 3. The van der Waals surface area contributed by atoms with Gasteiger partial charge in [-0.1, -0.05) is 30.7 Å². The molecule has 4 nitrogen and oxygen atoms in total. The summed E-state index contributed by atoms with van der Waals surface area (Å²) in [4.78, 5) is 15.3. The van der Waals surface area contributed by atoms with Crippen LogP contribution in [0.3, 0.4) is 0 Å². The SMILES string of the molecule is CCC(c1ccc(Cl)cc1)N1CCN(CCC(=O)O)CC1. The van der Waals surface area contributed by atoms with Crippen molar-refractivity contribution in [1.29, 1.82) is 0 Å². The van der Waals surface area contributed by atoms with E-state index in [0.29, 0.717) is 12.6 Å². The summed E-state index contributed by atoms with van der Waals surface area (Å²) in [6, 6.07) is 8.52. The fraction of sp³-hybridized carbons (Fsp3) is 0.562. The zero-order valence-corrected chi connectivity index (χ0v) is 13.2. The normalized spacial score (nSPS) is 18.6. The van der Waals surface area contributed by atoms with Crippen molar-refractivity contribution >= 4 is 17.6 Å². The van der Waals surface area contributed by atoms with Crippen molar-refractivity contribution in [1.82, 2.24) is 9.80 Å². The Hall–Kier alpha value is -1.10. The molecule has 1 aliphatic rings. The van der Waals surface area contributed by atoms with Gasteiger partial charge < -0.3 is 10.0 Å². The molecule has 1 N–H and O–H groups in total. The number of carboxylic acids is 1. The van der Waals surface area contributed by atoms with Crippen LogP contribution in [0.2, 0.25) is 5.02 Å². The highest BCUT2D eigenvalue weighted by atomic mass is 35.5. The lowest BCUT2D eigenvalue weighted by atomic mass is 10.0. The van der Waals surface area contributed by atoms with Gasteiger partial charge in [0.15, 0.2) is 0 Å². The molecule has 1 unspecified atom stereocenters. The number of benzene rings is 1. The number of carboxylic acid groups (broad SMARTS) is 1. The molecule has 5 heteroatoms. The van der Waals surface area contributed by atoms with Crippen molar-refractivity contribution in [2.24, 2.45) is 0 Å². The van der Waals surface area contributed by atoms with Crippen LogP contribution >= 0.6 is 11.6 Å². The number of nitrogens with zero attached hydrogens (tertiary/aromatic N) is 2. The van der Waals surface area contributed by atoms with E-state index in [9.17, 15) is 4.79 Å². The van der Waals surface area contributed by atoms with E-state index in [1.54, 1.807) is 0 Å². The lowest BCUT2D eigenvalue weighted by molar-refractivity contribution is -0.137. The van der Waals surface area contributed by atoms with Crippen LogP contribution in [0, 0.1) is 0 Å². The standard InChI is InChI=1S/C16H23ClN2O2/c1-2-15(13-3-5-14(17)6-4-13)19-11-9-18(10-12-19)8-7-16(20)21/h3-6,15H,2,7-12H2,1H3,(H,20,21). The molecular formula is C16H23ClN2O2. The van der Waals surface area contributed by atoms with E-state index in [1.165, 1.54) is 5.56 Å². The molecule has 0 saturated carbocycles. The van der Waals surface area contributed by atoms with E-state index in [-0.39, 0.29) is 6.42 Å². The fourth-order valence-electron chi connectivity index (χ4n) is 2.94. The Morgan fingerprint density at radius 2 is 1.86 bits per heavy atom. The van der Waals surface area contributed by atoms with Crippen LogP contribution in [-0.2, 0) is 4.79 Å². The molecule has 1 saturated heterocycles. The van der Waals surface area contributed by atoms with E-state index in [0.717, 1.165) is 37.6 Å². The molecule has 0 bridgehead atoms. The van der Waals surface area contributed by atoms with Crippen molar-refractivity contribution < 1.29 is 9.90 Å². The smallest absolute Gasteiger partial charge is 0.304 e. The van der Waals surface area contributed by atoms with Gasteiger partial charge in [0.2, 0.25) is 0 Å². The van der Waals surface area contributed by atoms with Crippen molar-refractivity contribution in [2.45, 2.75) is 25.8 Å². The van der Waals surface area contributed by atoms with Crippen LogP contribution in [0.1, 0.15) is 31.4 Å². The van der Waals surface area contributed by atoms with Crippen LogP contribution in [0.5, 0.6) is 0 Å². The maximum atomic E-state index is 10.6. The molecule has 1 heterocycles. The number of rotatable bonds is 6. The van der Waals surface area contributed by atoms with E-state index >= 15 is 0 Å². The molecule has 1 fully saturated rings. The Labute approximate surface area is 131 Å². The highest BCUT2D eigenvalue weighted by Crippen LogP contribution is 2.26. The number of carbonyl (C=O) groups is 1. The third kappa shape index (κ3) is 4.70. The lowest BCUT2D eigenvalue weighted by Crippen LogP contribution is -2.47. The highest BCUT2D eigenvalue weighted by Gasteiger charge is 2.23. The zero-order valence-electron chi connectivity index (χ0n) is 12.5. The number of halogens is 1. The Balaban J connectivity index is 1.90. The summed E-state index contributed by atoms with van der Waals surface area (Å²) in [6.45, 7) is 6.72. The van der Waals surface area contributed by atoms with Gasteiger partial charge in [-0.3, -0.25) is 9.69 Å². The van der Waals surface area contributed by atoms with Gasteiger partial charge in [0.25, 0.3) is 0 Å². The second-order valence-electron chi connectivity index (χ2n) is 5.50. The van der Waals surface area contributed by atoms with E-state index in [2.05, 4.69) is 28.9 Å². The Morgan fingerprint density at radius 1 is 1.24 bits per heavy atom. The summed E-state index contributed by atoms with van der Waals surface area (Å²) in [5, 5.41) is 9.52. The summed E-state index contributed by atoms with van der Waals surface area (Å²) in [7, 11) is 0. The molecule has 0 radical (unpaired) electrons. The summed E-state index contributed by atoms with van der Waals surface area (Å²) in [5.74, 6) is -0.718. The van der Waals surface area contributed by atoms with Gasteiger partial charge in [0.1, 0.15) is 0 Å². The molecule has 1 aliphatic heterocycles. The minimum absolute atomic E-state index is 0.231. The highest BCUT2D eigenvalue weighted by molar-refractivity contribution is 6.30. The van der Waals surface area contributed by atoms with E-state index in [4.69, 9.17) is 16.7 Å². The van der Waals surface area contributed by atoms with Crippen LogP contribution in [0.25, 0.3) is 0 Å². The minimum atomic E-state index is -0.718. The van der Waals surface area contributed by atoms with Crippen molar-refractivity contribution in [3.05, 3.63) is 34.9 Å². The number of aliphatic carboxylic acids is 1. The summed E-state index contributed by atoms with van der Waals surface area (Å²) < 4.78 is 0. The number of hydrogen-bond donors (Lipinski definition) is 1. The average Bonchev–Trinajstić information content (AvgIpc) is 2.49. The molecule has 0 amide bonds. The minimum Gasteiger partial charge on any atom is -0.481 e. The summed E-state index contributed by atoms with van der Waals surface area (Å²) >= 11 is 5.96. The monoisotopic (exact) mass is 310 g/mol.